The molecule has 0 saturated heterocycles. The van der Waals surface area contributed by atoms with Crippen molar-refractivity contribution in [3.63, 3.8) is 0 Å². The van der Waals surface area contributed by atoms with E-state index in [9.17, 15) is 9.59 Å². The SMILES string of the molecule is C[C@@H](Sc1nc2c(c(=O)n(C)c(=O)n2C)n1Cc1ccc(Cl)cc1)c1ccccc1. The molecule has 0 aliphatic heterocycles. The van der Waals surface area contributed by atoms with Crippen LogP contribution in [-0.4, -0.2) is 18.7 Å². The van der Waals surface area contributed by atoms with Gasteiger partial charge in [0.05, 0.1) is 6.54 Å². The lowest BCUT2D eigenvalue weighted by Gasteiger charge is -2.13. The summed E-state index contributed by atoms with van der Waals surface area (Å²) in [5, 5.41) is 1.46. The summed E-state index contributed by atoms with van der Waals surface area (Å²) in [6, 6.07) is 17.6. The lowest BCUT2D eigenvalue weighted by atomic mass is 10.2. The Labute approximate surface area is 182 Å². The number of benzene rings is 2. The first kappa shape index (κ1) is 20.5. The number of hydrogen-bond acceptors (Lipinski definition) is 4. The van der Waals surface area contributed by atoms with Crippen LogP contribution in [0, 0.1) is 0 Å². The van der Waals surface area contributed by atoms with E-state index in [0.717, 1.165) is 15.7 Å². The van der Waals surface area contributed by atoms with Crippen LogP contribution in [0.25, 0.3) is 11.2 Å². The molecule has 0 N–H and O–H groups in total. The zero-order chi connectivity index (χ0) is 21.4. The summed E-state index contributed by atoms with van der Waals surface area (Å²) < 4.78 is 4.44. The third-order valence-corrected chi connectivity index (χ3v) is 6.52. The second kappa shape index (κ2) is 8.16. The fraction of sp³-hybridized carbons (Fsp3) is 0.227. The average molecular weight is 441 g/mol. The number of nitrogens with zero attached hydrogens (tertiary/aromatic N) is 4. The molecule has 1 atom stereocenters. The van der Waals surface area contributed by atoms with Crippen LogP contribution >= 0.6 is 23.4 Å². The molecule has 0 unspecified atom stereocenters. The Morgan fingerprint density at radius 1 is 1.00 bits per heavy atom. The molecule has 0 amide bonds. The first-order valence-electron chi connectivity index (χ1n) is 9.49. The Hall–Kier alpha value is -2.77. The van der Waals surface area contributed by atoms with Crippen LogP contribution < -0.4 is 11.2 Å². The molecule has 154 valence electrons. The zero-order valence-electron chi connectivity index (χ0n) is 16.9. The summed E-state index contributed by atoms with van der Waals surface area (Å²) in [7, 11) is 3.13. The normalized spacial score (nSPS) is 12.4. The van der Waals surface area contributed by atoms with Crippen LogP contribution in [0.5, 0.6) is 0 Å². The molecule has 4 rings (SSSR count). The van der Waals surface area contributed by atoms with E-state index in [2.05, 4.69) is 19.1 Å². The smallest absolute Gasteiger partial charge is 0.309 e. The summed E-state index contributed by atoms with van der Waals surface area (Å²) in [5.41, 5.74) is 2.21. The summed E-state index contributed by atoms with van der Waals surface area (Å²) in [6.45, 7) is 2.55. The van der Waals surface area contributed by atoms with E-state index < -0.39 is 5.69 Å². The van der Waals surface area contributed by atoms with Crippen molar-refractivity contribution in [2.24, 2.45) is 14.1 Å². The molecule has 0 fully saturated rings. The Morgan fingerprint density at radius 3 is 2.33 bits per heavy atom. The van der Waals surface area contributed by atoms with Gasteiger partial charge >= 0.3 is 5.69 Å². The van der Waals surface area contributed by atoms with Crippen LogP contribution in [0.3, 0.4) is 0 Å². The third kappa shape index (κ3) is 3.70. The van der Waals surface area contributed by atoms with Gasteiger partial charge in [-0.25, -0.2) is 9.78 Å². The third-order valence-electron chi connectivity index (χ3n) is 5.12. The van der Waals surface area contributed by atoms with Gasteiger partial charge in [-0.15, -0.1) is 0 Å². The molecule has 2 heterocycles. The van der Waals surface area contributed by atoms with Crippen molar-refractivity contribution in [1.29, 1.82) is 0 Å². The van der Waals surface area contributed by atoms with E-state index in [0.29, 0.717) is 27.9 Å². The van der Waals surface area contributed by atoms with Gasteiger partial charge in [0.2, 0.25) is 0 Å². The molecular formula is C22H21ClN4O2S. The molecule has 30 heavy (non-hydrogen) atoms. The predicted molar refractivity (Wildman–Crippen MR) is 121 cm³/mol. The van der Waals surface area contributed by atoms with Crippen molar-refractivity contribution in [3.8, 4) is 0 Å². The number of hydrogen-bond donors (Lipinski definition) is 0. The minimum absolute atomic E-state index is 0.118. The number of imidazole rings is 1. The van der Waals surface area contributed by atoms with Crippen molar-refractivity contribution in [2.45, 2.75) is 23.9 Å². The molecule has 6 nitrogen and oxygen atoms in total. The van der Waals surface area contributed by atoms with Crippen molar-refractivity contribution < 1.29 is 0 Å². The molecule has 0 aliphatic carbocycles. The van der Waals surface area contributed by atoms with Gasteiger partial charge in [0.25, 0.3) is 5.56 Å². The van der Waals surface area contributed by atoms with Crippen LogP contribution in [0.1, 0.15) is 23.3 Å². The topological polar surface area (TPSA) is 61.8 Å². The van der Waals surface area contributed by atoms with E-state index in [4.69, 9.17) is 16.6 Å². The summed E-state index contributed by atoms with van der Waals surface area (Å²) in [6.07, 6.45) is 0. The Morgan fingerprint density at radius 2 is 1.67 bits per heavy atom. The van der Waals surface area contributed by atoms with Crippen LogP contribution in [0.2, 0.25) is 5.02 Å². The van der Waals surface area contributed by atoms with Gasteiger partial charge in [0.15, 0.2) is 16.3 Å². The Bertz CT molecular complexity index is 1320. The second-order valence-electron chi connectivity index (χ2n) is 7.16. The largest absolute Gasteiger partial charge is 0.332 e. The summed E-state index contributed by atoms with van der Waals surface area (Å²) in [5.74, 6) is 0. The molecule has 2 aromatic carbocycles. The second-order valence-corrected chi connectivity index (χ2v) is 8.90. The number of halogens is 1. The summed E-state index contributed by atoms with van der Waals surface area (Å²) in [4.78, 5) is 30.1. The van der Waals surface area contributed by atoms with Crippen LogP contribution in [0.4, 0.5) is 0 Å². The lowest BCUT2D eigenvalue weighted by molar-refractivity contribution is 0.696. The highest BCUT2D eigenvalue weighted by molar-refractivity contribution is 7.99. The fourth-order valence-corrected chi connectivity index (χ4v) is 4.54. The predicted octanol–water partition coefficient (Wildman–Crippen LogP) is 3.99. The van der Waals surface area contributed by atoms with Crippen LogP contribution in [0.15, 0.2) is 69.3 Å². The molecule has 4 aromatic rings. The first-order valence-corrected chi connectivity index (χ1v) is 10.7. The molecular weight excluding hydrogens is 420 g/mol. The summed E-state index contributed by atoms with van der Waals surface area (Å²) >= 11 is 7.59. The van der Waals surface area contributed by atoms with Crippen molar-refractivity contribution in [1.82, 2.24) is 18.7 Å². The average Bonchev–Trinajstić information content (AvgIpc) is 3.11. The number of rotatable bonds is 5. The van der Waals surface area contributed by atoms with Gasteiger partial charge in [-0.3, -0.25) is 13.9 Å². The highest BCUT2D eigenvalue weighted by Gasteiger charge is 2.21. The van der Waals surface area contributed by atoms with E-state index in [1.54, 1.807) is 18.8 Å². The van der Waals surface area contributed by atoms with Gasteiger partial charge in [-0.2, -0.15) is 0 Å². The van der Waals surface area contributed by atoms with Crippen molar-refractivity contribution in [2.75, 3.05) is 0 Å². The lowest BCUT2D eigenvalue weighted by Crippen LogP contribution is -2.37. The van der Waals surface area contributed by atoms with Gasteiger partial charge < -0.3 is 4.57 Å². The minimum Gasteiger partial charge on any atom is -0.309 e. The molecule has 0 saturated carbocycles. The maximum atomic E-state index is 13.0. The first-order chi connectivity index (χ1) is 14.4. The molecule has 8 heteroatoms. The highest BCUT2D eigenvalue weighted by Crippen LogP contribution is 2.35. The zero-order valence-corrected chi connectivity index (χ0v) is 18.4. The fourth-order valence-electron chi connectivity index (χ4n) is 3.39. The highest BCUT2D eigenvalue weighted by atomic mass is 35.5. The maximum Gasteiger partial charge on any atom is 0.332 e. The van der Waals surface area contributed by atoms with E-state index in [1.165, 1.54) is 11.6 Å². The molecule has 0 bridgehead atoms. The van der Waals surface area contributed by atoms with E-state index in [-0.39, 0.29) is 10.8 Å². The minimum atomic E-state index is -0.392. The Kier molecular flexibility index (Phi) is 5.58. The van der Waals surface area contributed by atoms with Crippen molar-refractivity contribution >= 4 is 34.5 Å². The number of aromatic nitrogens is 4. The van der Waals surface area contributed by atoms with Crippen molar-refractivity contribution in [3.05, 3.63) is 91.6 Å². The molecule has 2 aromatic heterocycles. The van der Waals surface area contributed by atoms with Crippen LogP contribution in [-0.2, 0) is 20.6 Å². The van der Waals surface area contributed by atoms with Gasteiger partial charge in [-0.05, 0) is 30.2 Å². The van der Waals surface area contributed by atoms with E-state index in [1.807, 2.05) is 47.0 Å². The number of fused-ring (bicyclic) bond motifs is 1. The number of aryl methyl sites for hydroxylation is 1. The molecule has 0 aliphatic rings. The molecule has 0 spiro atoms. The molecule has 0 radical (unpaired) electrons. The van der Waals surface area contributed by atoms with Gasteiger partial charge in [0.1, 0.15) is 0 Å². The van der Waals surface area contributed by atoms with Gasteiger partial charge in [0, 0.05) is 24.4 Å². The van der Waals surface area contributed by atoms with E-state index >= 15 is 0 Å². The Balaban J connectivity index is 1.88. The standard InChI is InChI=1S/C22H21ClN4O2S/c1-14(16-7-5-4-6-8-16)30-21-24-19-18(20(28)26(3)22(29)25(19)2)27(21)13-15-9-11-17(23)12-10-15/h4-12,14H,13H2,1-3H3/t14-/m1/s1. The number of thioether (sulfide) groups is 1. The monoisotopic (exact) mass is 440 g/mol. The van der Waals surface area contributed by atoms with Gasteiger partial charge in [-0.1, -0.05) is 65.8 Å². The maximum absolute atomic E-state index is 13.0. The quantitative estimate of drug-likeness (QED) is 0.440.